The minimum absolute atomic E-state index is 0. The third-order valence-corrected chi connectivity index (χ3v) is 9.02. The molecule has 0 fully saturated rings. The monoisotopic (exact) mass is 862 g/mol. The van der Waals surface area contributed by atoms with E-state index in [1.54, 1.807) is 12.1 Å². The van der Waals surface area contributed by atoms with Crippen molar-refractivity contribution in [2.45, 2.75) is 137 Å². The van der Waals surface area contributed by atoms with Gasteiger partial charge in [-0.2, -0.15) is 8.42 Å². The third-order valence-electron chi connectivity index (χ3n) is 7.94. The van der Waals surface area contributed by atoms with Crippen LogP contribution in [0, 0.1) is 11.8 Å². The van der Waals surface area contributed by atoms with E-state index in [9.17, 15) is 32.1 Å². The van der Waals surface area contributed by atoms with Crippen LogP contribution in [-0.2, 0) is 38.7 Å². The number of esters is 3. The van der Waals surface area contributed by atoms with Crippen molar-refractivity contribution in [1.29, 1.82) is 0 Å². The second-order valence-corrected chi connectivity index (χ2v) is 13.7. The number of unbranched alkanes of at least 4 members (excludes halogenated alkanes) is 3. The normalized spacial score (nSPS) is 13.1. The zero-order chi connectivity index (χ0) is 37.2. The molecule has 4 atom stereocenters. The van der Waals surface area contributed by atoms with Crippen molar-refractivity contribution in [3.05, 3.63) is 35.4 Å². The van der Waals surface area contributed by atoms with E-state index in [4.69, 9.17) is 24.1 Å². The van der Waals surface area contributed by atoms with Crippen molar-refractivity contribution < 1.29 is 56.2 Å². The molecule has 1 aromatic rings. The van der Waals surface area contributed by atoms with Gasteiger partial charge in [-0.15, -0.1) is 0 Å². The number of carboxylic acids is 1. The van der Waals surface area contributed by atoms with Gasteiger partial charge in [0.25, 0.3) is 10.1 Å². The fraction of sp³-hybridized carbons (Fsp3) is 0.722. The molecule has 51 heavy (non-hydrogen) atoms. The predicted molar refractivity (Wildman–Crippen MR) is 203 cm³/mol. The molecule has 2 N–H and O–H groups in total. The summed E-state index contributed by atoms with van der Waals surface area (Å²) >= 11 is 0. The van der Waals surface area contributed by atoms with Crippen LogP contribution < -0.4 is 0 Å². The van der Waals surface area contributed by atoms with Gasteiger partial charge in [-0.3, -0.25) is 14.1 Å². The van der Waals surface area contributed by atoms with Crippen LogP contribution in [0.5, 0.6) is 0 Å². The second-order valence-electron chi connectivity index (χ2n) is 12.1. The molecule has 2 radical (unpaired) electrons. The van der Waals surface area contributed by atoms with Crippen molar-refractivity contribution in [3.63, 3.8) is 0 Å². The van der Waals surface area contributed by atoms with E-state index in [-0.39, 0.29) is 89.6 Å². The number of ether oxygens (including phenoxy) is 4. The van der Waals surface area contributed by atoms with Gasteiger partial charge >= 0.3 is 77.3 Å². The van der Waals surface area contributed by atoms with Gasteiger partial charge in [0.05, 0.1) is 37.4 Å². The molecule has 0 aromatic heterocycles. The fourth-order valence-electron chi connectivity index (χ4n) is 4.62. The van der Waals surface area contributed by atoms with Crippen LogP contribution >= 0.6 is 0 Å². The van der Waals surface area contributed by atoms with E-state index >= 15 is 0 Å². The summed E-state index contributed by atoms with van der Waals surface area (Å²) in [5.74, 6) is -3.42. The number of hydrogen-bond donors (Lipinski definition) is 2. The molecule has 1 rings (SSSR count). The summed E-state index contributed by atoms with van der Waals surface area (Å²) in [4.78, 5) is 47.4. The van der Waals surface area contributed by atoms with Crippen LogP contribution in [0.3, 0.4) is 0 Å². The zero-order valence-corrected chi connectivity index (χ0v) is 35.9. The minimum atomic E-state index is -4.76. The average molecular weight is 862 g/mol. The third kappa shape index (κ3) is 24.7. The Hall–Kier alpha value is -1.23. The van der Waals surface area contributed by atoms with Crippen molar-refractivity contribution >= 4 is 87.5 Å². The summed E-state index contributed by atoms with van der Waals surface area (Å²) in [5.41, 5.74) is -0.0171. The van der Waals surface area contributed by atoms with Crippen LogP contribution in [0.25, 0.3) is 0 Å². The standard InChI is InChI=1S/C20H38O7S.C16H22O5.Na.Sn.3H/c1-5-9-11-16(7-3)14-26-19(21)13-18(28(23,24)25)20(22)27-15-17(8-4)12-10-6-2;1-3-5-11-20-14(8-4-2)21-16(19)13-10-7-6-9-12(13)15(17)18;;;;;/h16-18H,5-15H2,1-4H3,(H,23,24,25);6-7,9-10,14H,3-5,8,11H2,1-2H3,(H,17,18);;;;;. The molecule has 0 saturated carbocycles. The molecular formula is C36H63NaO12SSn. The molecule has 12 nitrogen and oxygen atoms in total. The maximum absolute atomic E-state index is 12.2. The summed E-state index contributed by atoms with van der Waals surface area (Å²) in [7, 11) is -4.76. The van der Waals surface area contributed by atoms with Crippen LogP contribution in [0.4, 0.5) is 0 Å². The molecule has 0 amide bonds. The van der Waals surface area contributed by atoms with E-state index in [2.05, 4.69) is 13.8 Å². The fourth-order valence-corrected chi connectivity index (χ4v) is 5.28. The first-order chi connectivity index (χ1) is 23.3. The van der Waals surface area contributed by atoms with Crippen molar-refractivity contribution in [1.82, 2.24) is 0 Å². The quantitative estimate of drug-likeness (QED) is 0.0290. The first kappa shape index (κ1) is 54.1. The Morgan fingerprint density at radius 2 is 1.25 bits per heavy atom. The maximum atomic E-state index is 12.2. The summed E-state index contributed by atoms with van der Waals surface area (Å²) in [5, 5.41) is 7.14. The van der Waals surface area contributed by atoms with Crippen molar-refractivity contribution in [3.8, 4) is 0 Å². The number of rotatable bonds is 25. The first-order valence-electron chi connectivity index (χ1n) is 17.7. The van der Waals surface area contributed by atoms with Crippen LogP contribution in [0.2, 0.25) is 0 Å². The van der Waals surface area contributed by atoms with Gasteiger partial charge in [-0.1, -0.05) is 105 Å². The number of carbonyl (C=O) groups is 4. The van der Waals surface area contributed by atoms with Gasteiger partial charge in [-0.05, 0) is 43.2 Å². The molecule has 0 bridgehead atoms. The zero-order valence-electron chi connectivity index (χ0n) is 31.0. The molecule has 0 aliphatic carbocycles. The summed E-state index contributed by atoms with van der Waals surface area (Å²) in [6.07, 6.45) is 9.40. The van der Waals surface area contributed by atoms with Gasteiger partial charge in [0, 0.05) is 6.42 Å². The number of carbonyl (C=O) groups excluding carboxylic acids is 3. The second kappa shape index (κ2) is 32.2. The molecule has 0 heterocycles. The molecule has 0 saturated heterocycles. The molecular weight excluding hydrogens is 798 g/mol. The van der Waals surface area contributed by atoms with Crippen LogP contribution in [-0.4, -0.2) is 127 Å². The Labute approximate surface area is 344 Å². The summed E-state index contributed by atoms with van der Waals surface area (Å²) in [6.45, 7) is 12.9. The Bertz CT molecular complexity index is 1210. The topological polar surface area (TPSA) is 180 Å². The Morgan fingerprint density at radius 1 is 0.745 bits per heavy atom. The molecule has 1 aromatic carbocycles. The molecule has 15 heteroatoms. The molecule has 0 spiro atoms. The molecule has 0 aliphatic heterocycles. The van der Waals surface area contributed by atoms with Crippen LogP contribution in [0.1, 0.15) is 146 Å². The van der Waals surface area contributed by atoms with Gasteiger partial charge in [0.1, 0.15) is 0 Å². The Balaban J connectivity index is -0.000000899. The first-order valence-corrected chi connectivity index (χ1v) is 19.2. The van der Waals surface area contributed by atoms with E-state index in [0.717, 1.165) is 70.6 Å². The molecule has 4 unspecified atom stereocenters. The van der Waals surface area contributed by atoms with E-state index < -0.39 is 52.0 Å². The SMILES string of the molecule is CCCCC(CC)COC(=O)CC(C(=O)OCC(CC)CCCC)S(=O)(=O)O.CCCCOC(CCC)OC(=O)c1ccccc1C(=O)O.[NaH].[SnH2]. The van der Waals surface area contributed by atoms with Gasteiger partial charge in [-0.25, -0.2) is 9.59 Å². The summed E-state index contributed by atoms with van der Waals surface area (Å²) < 4.78 is 53.6. The average Bonchev–Trinajstić information content (AvgIpc) is 3.07. The van der Waals surface area contributed by atoms with Gasteiger partial charge < -0.3 is 24.1 Å². The Kier molecular flexibility index (Phi) is 34.2. The van der Waals surface area contributed by atoms with Crippen LogP contribution in [0.15, 0.2) is 24.3 Å². The predicted octanol–water partition coefficient (Wildman–Crippen LogP) is 6.07. The van der Waals surface area contributed by atoms with Gasteiger partial charge in [0.15, 0.2) is 5.25 Å². The number of aromatic carboxylic acids is 1. The van der Waals surface area contributed by atoms with E-state index in [0.29, 0.717) is 13.0 Å². The van der Waals surface area contributed by atoms with Crippen molar-refractivity contribution in [2.75, 3.05) is 19.8 Å². The molecule has 0 aliphatic rings. The summed E-state index contributed by atoms with van der Waals surface area (Å²) in [6, 6.07) is 6.00. The van der Waals surface area contributed by atoms with Crippen molar-refractivity contribution in [2.24, 2.45) is 11.8 Å². The number of carboxylic acid groups (broad SMARTS) is 1. The Morgan fingerprint density at radius 3 is 1.71 bits per heavy atom. The van der Waals surface area contributed by atoms with E-state index in [1.165, 1.54) is 12.1 Å². The molecule has 290 valence electrons. The number of benzene rings is 1. The number of hydrogen-bond acceptors (Lipinski definition) is 10. The van der Waals surface area contributed by atoms with E-state index in [1.807, 2.05) is 27.7 Å². The van der Waals surface area contributed by atoms with Gasteiger partial charge in [0.2, 0.25) is 6.29 Å².